The van der Waals surface area contributed by atoms with Gasteiger partial charge in [0.25, 0.3) is 0 Å². The predicted molar refractivity (Wildman–Crippen MR) is 150 cm³/mol. The van der Waals surface area contributed by atoms with Crippen molar-refractivity contribution >= 4 is 45.6 Å². The monoisotopic (exact) mass is 578 g/mol. The molecule has 1 unspecified atom stereocenters. The van der Waals surface area contributed by atoms with Gasteiger partial charge in [0.1, 0.15) is 28.8 Å². The molecule has 3 aromatic rings. The smallest absolute Gasteiger partial charge is 0.234 e. The van der Waals surface area contributed by atoms with Crippen molar-refractivity contribution in [1.29, 1.82) is 5.26 Å². The standard InChI is InChI=1S/C27H26N6O5S2/c1-14-7-9-21(38-14)23-16(12-28)25(29)33(18-5-4-6-19(34)24(18)23)26-31-32-27(40-26)39-13-22(35)30-17-11-15(36-2)8-10-20(17)37-3/h7-11,23H,4-6,13,29H2,1-3H3,(H,30,35). The molecular formula is C27H26N6O5S2. The Kier molecular flexibility index (Phi) is 7.81. The molecular weight excluding hydrogens is 552 g/mol. The Morgan fingerprint density at radius 1 is 1.27 bits per heavy atom. The van der Waals surface area contributed by atoms with Crippen LogP contribution in [-0.2, 0) is 9.59 Å². The largest absolute Gasteiger partial charge is 0.497 e. The highest BCUT2D eigenvalue weighted by Crippen LogP contribution is 2.47. The van der Waals surface area contributed by atoms with Crippen molar-refractivity contribution in [3.05, 3.63) is 64.5 Å². The molecule has 1 aliphatic heterocycles. The lowest BCUT2D eigenvalue weighted by atomic mass is 9.78. The molecule has 1 aromatic carbocycles. The van der Waals surface area contributed by atoms with Gasteiger partial charge in [-0.1, -0.05) is 23.1 Å². The number of thioether (sulfide) groups is 1. The van der Waals surface area contributed by atoms with Crippen molar-refractivity contribution in [2.24, 2.45) is 5.73 Å². The number of carbonyl (C=O) groups is 2. The van der Waals surface area contributed by atoms with Crippen LogP contribution in [0, 0.1) is 18.3 Å². The highest BCUT2D eigenvalue weighted by atomic mass is 32.2. The van der Waals surface area contributed by atoms with E-state index in [1.165, 1.54) is 30.2 Å². The number of ether oxygens (including phenoxy) is 2. The van der Waals surface area contributed by atoms with Crippen LogP contribution < -0.4 is 25.4 Å². The molecule has 0 spiro atoms. The summed E-state index contributed by atoms with van der Waals surface area (Å²) < 4.78 is 16.9. The molecule has 3 heterocycles. The Balaban J connectivity index is 1.38. The lowest BCUT2D eigenvalue weighted by molar-refractivity contribution is -0.116. The van der Waals surface area contributed by atoms with E-state index < -0.39 is 5.92 Å². The van der Waals surface area contributed by atoms with E-state index >= 15 is 0 Å². The Morgan fingerprint density at radius 2 is 2.10 bits per heavy atom. The molecule has 0 radical (unpaired) electrons. The summed E-state index contributed by atoms with van der Waals surface area (Å²) in [5.74, 6) is 1.54. The molecule has 0 fully saturated rings. The first-order valence-electron chi connectivity index (χ1n) is 12.3. The van der Waals surface area contributed by atoms with E-state index in [0.717, 1.165) is 0 Å². The minimum atomic E-state index is -0.670. The van der Waals surface area contributed by atoms with Gasteiger partial charge in [-0.2, -0.15) is 5.26 Å². The number of methoxy groups -OCH3 is 2. The summed E-state index contributed by atoms with van der Waals surface area (Å²) in [5, 5.41) is 21.9. The molecule has 0 saturated heterocycles. The summed E-state index contributed by atoms with van der Waals surface area (Å²) in [4.78, 5) is 27.5. The maximum atomic E-state index is 13.2. The van der Waals surface area contributed by atoms with Gasteiger partial charge in [0.05, 0.1) is 43.2 Å². The van der Waals surface area contributed by atoms with E-state index in [4.69, 9.17) is 19.6 Å². The third kappa shape index (κ3) is 5.15. The Labute approximate surface area is 238 Å². The average Bonchev–Trinajstić information content (AvgIpc) is 3.60. The fraction of sp³-hybridized carbons (Fsp3) is 0.296. The van der Waals surface area contributed by atoms with Gasteiger partial charge in [-0.25, -0.2) is 0 Å². The van der Waals surface area contributed by atoms with E-state index in [9.17, 15) is 14.9 Å². The van der Waals surface area contributed by atoms with Gasteiger partial charge in [0.15, 0.2) is 10.1 Å². The highest BCUT2D eigenvalue weighted by Gasteiger charge is 2.42. The summed E-state index contributed by atoms with van der Waals surface area (Å²) in [6.07, 6.45) is 1.62. The molecule has 0 saturated carbocycles. The zero-order chi connectivity index (χ0) is 28.4. The molecule has 2 aliphatic rings. The number of hydrogen-bond acceptors (Lipinski definition) is 12. The number of amides is 1. The minimum absolute atomic E-state index is 0.0469. The number of anilines is 2. The number of carbonyl (C=O) groups excluding carboxylic acids is 2. The molecule has 11 nitrogen and oxygen atoms in total. The summed E-state index contributed by atoms with van der Waals surface area (Å²) in [7, 11) is 3.06. The third-order valence-corrected chi connectivity index (χ3v) is 8.60. The number of furan rings is 1. The summed E-state index contributed by atoms with van der Waals surface area (Å²) >= 11 is 2.43. The summed E-state index contributed by atoms with van der Waals surface area (Å²) in [6, 6.07) is 10.9. The van der Waals surface area contributed by atoms with Crippen molar-refractivity contribution in [3.63, 3.8) is 0 Å². The first-order valence-corrected chi connectivity index (χ1v) is 14.2. The van der Waals surface area contributed by atoms with Gasteiger partial charge in [-0.05, 0) is 44.0 Å². The number of allylic oxidation sites excluding steroid dienone is 3. The fourth-order valence-corrected chi connectivity index (χ4v) is 6.46. The van der Waals surface area contributed by atoms with E-state index in [2.05, 4.69) is 21.6 Å². The molecule has 2 aromatic heterocycles. The normalized spacial score (nSPS) is 17.0. The number of nitriles is 1. The van der Waals surface area contributed by atoms with Crippen LogP contribution in [0.25, 0.3) is 0 Å². The van der Waals surface area contributed by atoms with E-state index in [1.807, 2.05) is 6.92 Å². The fourth-order valence-electron chi connectivity index (χ4n) is 4.77. The van der Waals surface area contributed by atoms with Crippen LogP contribution in [0.3, 0.4) is 0 Å². The van der Waals surface area contributed by atoms with Gasteiger partial charge in [0, 0.05) is 23.8 Å². The number of ketones is 1. The lowest BCUT2D eigenvalue weighted by Crippen LogP contribution is -2.38. The number of nitrogens with one attached hydrogen (secondary N) is 1. The molecule has 206 valence electrons. The van der Waals surface area contributed by atoms with E-state index in [1.54, 1.807) is 42.3 Å². The van der Waals surface area contributed by atoms with Crippen molar-refractivity contribution < 1.29 is 23.5 Å². The molecule has 40 heavy (non-hydrogen) atoms. The Hall–Kier alpha value is -4.28. The van der Waals surface area contributed by atoms with E-state index in [0.29, 0.717) is 68.7 Å². The molecule has 0 bridgehead atoms. The van der Waals surface area contributed by atoms with Gasteiger partial charge < -0.3 is 24.9 Å². The van der Waals surface area contributed by atoms with Crippen LogP contribution >= 0.6 is 23.1 Å². The van der Waals surface area contributed by atoms with Crippen LogP contribution in [0.2, 0.25) is 0 Å². The second-order valence-electron chi connectivity index (χ2n) is 9.02. The van der Waals surface area contributed by atoms with Gasteiger partial charge in [-0.15, -0.1) is 10.2 Å². The van der Waals surface area contributed by atoms with Crippen molar-refractivity contribution in [3.8, 4) is 17.6 Å². The van der Waals surface area contributed by atoms with Crippen LogP contribution in [0.4, 0.5) is 10.8 Å². The average molecular weight is 579 g/mol. The quantitative estimate of drug-likeness (QED) is 0.363. The second kappa shape index (κ2) is 11.4. The molecule has 1 atom stereocenters. The molecule has 13 heteroatoms. The number of hydrogen-bond donors (Lipinski definition) is 2. The van der Waals surface area contributed by atoms with E-state index in [-0.39, 0.29) is 28.8 Å². The zero-order valence-electron chi connectivity index (χ0n) is 22.0. The van der Waals surface area contributed by atoms with Gasteiger partial charge >= 0.3 is 0 Å². The number of nitrogens with zero attached hydrogens (tertiary/aromatic N) is 4. The van der Waals surface area contributed by atoms with Gasteiger partial charge in [-0.3, -0.25) is 14.5 Å². The highest BCUT2D eigenvalue weighted by molar-refractivity contribution is 8.01. The van der Waals surface area contributed by atoms with Gasteiger partial charge in [0.2, 0.25) is 11.0 Å². The van der Waals surface area contributed by atoms with Crippen molar-refractivity contribution in [1.82, 2.24) is 10.2 Å². The lowest BCUT2D eigenvalue weighted by Gasteiger charge is -2.37. The maximum absolute atomic E-state index is 13.2. The predicted octanol–water partition coefficient (Wildman–Crippen LogP) is 4.49. The molecule has 1 amide bonds. The van der Waals surface area contributed by atoms with Crippen LogP contribution in [0.15, 0.2) is 61.8 Å². The Morgan fingerprint density at radius 3 is 2.80 bits per heavy atom. The number of aryl methyl sites for hydroxylation is 1. The van der Waals surface area contributed by atoms with Crippen molar-refractivity contribution in [2.75, 3.05) is 30.2 Å². The molecule has 1 aliphatic carbocycles. The summed E-state index contributed by atoms with van der Waals surface area (Å²) in [6.45, 7) is 1.81. The second-order valence-corrected chi connectivity index (χ2v) is 11.2. The van der Waals surface area contributed by atoms with Crippen LogP contribution in [0.1, 0.15) is 36.7 Å². The molecule has 3 N–H and O–H groups in total. The number of aromatic nitrogens is 2. The Bertz CT molecular complexity index is 1580. The number of Topliss-reactive ketones (excluding diaryl/α,β-unsaturated/α-hetero) is 1. The topological polar surface area (TPSA) is 157 Å². The number of benzene rings is 1. The van der Waals surface area contributed by atoms with Crippen molar-refractivity contribution in [2.45, 2.75) is 36.4 Å². The summed E-state index contributed by atoms with van der Waals surface area (Å²) in [5.41, 5.74) is 8.47. The third-order valence-electron chi connectivity index (χ3n) is 6.55. The van der Waals surface area contributed by atoms with Crippen LogP contribution in [0.5, 0.6) is 11.5 Å². The maximum Gasteiger partial charge on any atom is 0.234 e. The van der Waals surface area contributed by atoms with Crippen LogP contribution in [-0.4, -0.2) is 41.9 Å². The number of rotatable bonds is 8. The minimum Gasteiger partial charge on any atom is -0.497 e. The zero-order valence-corrected chi connectivity index (χ0v) is 23.6. The SMILES string of the molecule is COc1ccc(OC)c(NC(=O)CSc2nnc(N3C(N)=C(C#N)C(c4ccc(C)o4)C4=C3CCCC4=O)s2)c1. The molecule has 5 rings (SSSR count). The first kappa shape index (κ1) is 27.3. The number of nitrogens with two attached hydrogens (primary N) is 1. The first-order chi connectivity index (χ1) is 19.3.